The first-order valence-corrected chi connectivity index (χ1v) is 11.1. The Balaban J connectivity index is 1.42. The number of ether oxygens (including phenoxy) is 1. The average Bonchev–Trinajstić information content (AvgIpc) is 3.25. The molecule has 4 rings (SSSR count). The summed E-state index contributed by atoms with van der Waals surface area (Å²) in [6, 6.07) is 14.3. The Bertz CT molecular complexity index is 951. The zero-order chi connectivity index (χ0) is 19.6. The van der Waals surface area contributed by atoms with Crippen LogP contribution in [0.2, 0.25) is 0 Å². The summed E-state index contributed by atoms with van der Waals surface area (Å²) in [7, 11) is -3.61. The summed E-state index contributed by atoms with van der Waals surface area (Å²) in [5.41, 5.74) is 2.95. The number of hydrogen-bond donors (Lipinski definition) is 1. The van der Waals surface area contributed by atoms with Gasteiger partial charge < -0.3 is 9.64 Å². The fraction of sp³-hybridized carbons (Fsp3) is 0.381. The molecule has 0 saturated carbocycles. The highest BCUT2D eigenvalue weighted by Gasteiger charge is 2.23. The lowest BCUT2D eigenvalue weighted by molar-refractivity contribution is 0.0734. The fourth-order valence-corrected chi connectivity index (χ4v) is 4.79. The maximum absolute atomic E-state index is 12.8. The van der Waals surface area contributed by atoms with Crippen LogP contribution in [0, 0.1) is 0 Å². The number of sulfonamides is 1. The van der Waals surface area contributed by atoms with Crippen LogP contribution < -0.4 is 4.72 Å². The van der Waals surface area contributed by atoms with E-state index in [-0.39, 0.29) is 23.5 Å². The molecule has 1 saturated heterocycles. The Hall–Kier alpha value is -2.22. The first kappa shape index (κ1) is 19.1. The summed E-state index contributed by atoms with van der Waals surface area (Å²) in [5.74, 6) is -0.0780. The molecular formula is C21H24N2O4S. The topological polar surface area (TPSA) is 75.7 Å². The smallest absolute Gasteiger partial charge is 0.254 e. The zero-order valence-corrected chi connectivity index (χ0v) is 16.5. The molecule has 2 aromatic rings. The van der Waals surface area contributed by atoms with Crippen LogP contribution in [0.4, 0.5) is 0 Å². The minimum absolute atomic E-state index is 0.0578. The summed E-state index contributed by atoms with van der Waals surface area (Å²) in [6.07, 6.45) is 2.61. The van der Waals surface area contributed by atoms with Gasteiger partial charge in [0.05, 0.1) is 11.0 Å². The van der Waals surface area contributed by atoms with Crippen molar-refractivity contribution in [2.75, 3.05) is 19.7 Å². The van der Waals surface area contributed by atoms with Gasteiger partial charge in [0.15, 0.2) is 0 Å². The number of nitrogens with one attached hydrogen (secondary N) is 1. The Kier molecular flexibility index (Phi) is 5.48. The molecule has 7 heteroatoms. The number of carbonyl (C=O) groups excluding carboxylic acids is 1. The molecular weight excluding hydrogens is 376 g/mol. The van der Waals surface area contributed by atoms with Crippen LogP contribution in [0.1, 0.15) is 34.3 Å². The first-order valence-electron chi connectivity index (χ1n) is 9.60. The second-order valence-corrected chi connectivity index (χ2v) is 9.02. The molecule has 2 aliphatic heterocycles. The van der Waals surface area contributed by atoms with Gasteiger partial charge in [-0.15, -0.1) is 0 Å². The van der Waals surface area contributed by atoms with Gasteiger partial charge in [-0.05, 0) is 54.7 Å². The van der Waals surface area contributed by atoms with Crippen molar-refractivity contribution < 1.29 is 17.9 Å². The van der Waals surface area contributed by atoms with Crippen molar-refractivity contribution in [3.63, 3.8) is 0 Å². The van der Waals surface area contributed by atoms with Gasteiger partial charge in [-0.2, -0.15) is 0 Å². The van der Waals surface area contributed by atoms with E-state index >= 15 is 0 Å². The van der Waals surface area contributed by atoms with E-state index in [9.17, 15) is 13.2 Å². The van der Waals surface area contributed by atoms with Crippen LogP contribution in [0.25, 0.3) is 0 Å². The molecule has 1 unspecified atom stereocenters. The molecule has 2 aromatic carbocycles. The van der Waals surface area contributed by atoms with Crippen molar-refractivity contribution >= 4 is 15.9 Å². The summed E-state index contributed by atoms with van der Waals surface area (Å²) in [6.45, 7) is 2.21. The third-order valence-corrected chi connectivity index (χ3v) is 6.79. The Morgan fingerprint density at radius 2 is 1.86 bits per heavy atom. The average molecular weight is 401 g/mol. The monoisotopic (exact) mass is 400 g/mol. The van der Waals surface area contributed by atoms with E-state index in [1.165, 1.54) is 23.3 Å². The van der Waals surface area contributed by atoms with Gasteiger partial charge in [0, 0.05) is 31.8 Å². The standard InChI is InChI=1S/C21H24N2O4S/c24-21(23-12-11-16-4-1-2-5-18(16)15-23)17-7-9-20(10-8-17)28(25,26)22-14-19-6-3-13-27-19/h1-2,4-5,7-10,19,22H,3,6,11-15H2. The van der Waals surface area contributed by atoms with Crippen molar-refractivity contribution in [3.05, 3.63) is 65.2 Å². The molecule has 0 radical (unpaired) electrons. The SMILES string of the molecule is O=C(c1ccc(S(=O)(=O)NCC2CCCO2)cc1)N1CCc2ccccc2C1. The van der Waals surface area contributed by atoms with Crippen LogP contribution in [0.5, 0.6) is 0 Å². The predicted molar refractivity (Wildman–Crippen MR) is 105 cm³/mol. The summed E-state index contributed by atoms with van der Waals surface area (Å²) >= 11 is 0. The number of benzene rings is 2. The lowest BCUT2D eigenvalue weighted by atomic mass is 9.99. The first-order chi connectivity index (χ1) is 13.5. The molecule has 0 aliphatic carbocycles. The predicted octanol–water partition coefficient (Wildman–Crippen LogP) is 2.34. The van der Waals surface area contributed by atoms with E-state index in [0.717, 1.165) is 19.3 Å². The minimum Gasteiger partial charge on any atom is -0.377 e. The van der Waals surface area contributed by atoms with Crippen molar-refractivity contribution in [2.45, 2.75) is 36.8 Å². The molecule has 1 atom stereocenters. The lowest BCUT2D eigenvalue weighted by Crippen LogP contribution is -2.36. The second-order valence-electron chi connectivity index (χ2n) is 7.26. The molecule has 0 spiro atoms. The third kappa shape index (κ3) is 4.11. The van der Waals surface area contributed by atoms with Gasteiger partial charge in [0.2, 0.25) is 10.0 Å². The number of amides is 1. The van der Waals surface area contributed by atoms with Gasteiger partial charge in [0.1, 0.15) is 0 Å². The summed E-state index contributed by atoms with van der Waals surface area (Å²) < 4.78 is 32.9. The molecule has 1 fully saturated rings. The Morgan fingerprint density at radius 3 is 2.57 bits per heavy atom. The highest BCUT2D eigenvalue weighted by molar-refractivity contribution is 7.89. The zero-order valence-electron chi connectivity index (χ0n) is 15.6. The van der Waals surface area contributed by atoms with E-state index in [1.54, 1.807) is 12.1 Å². The van der Waals surface area contributed by atoms with Gasteiger partial charge in [-0.3, -0.25) is 4.79 Å². The van der Waals surface area contributed by atoms with Crippen molar-refractivity contribution in [1.82, 2.24) is 9.62 Å². The summed E-state index contributed by atoms with van der Waals surface area (Å²) in [5, 5.41) is 0. The molecule has 2 aliphatic rings. The minimum atomic E-state index is -3.61. The van der Waals surface area contributed by atoms with Crippen molar-refractivity contribution in [1.29, 1.82) is 0 Å². The van der Waals surface area contributed by atoms with Crippen molar-refractivity contribution in [2.24, 2.45) is 0 Å². The number of hydrogen-bond acceptors (Lipinski definition) is 4. The van der Waals surface area contributed by atoms with Crippen LogP contribution in [0.15, 0.2) is 53.4 Å². The van der Waals surface area contributed by atoms with E-state index in [1.807, 2.05) is 23.1 Å². The lowest BCUT2D eigenvalue weighted by Gasteiger charge is -2.29. The summed E-state index contributed by atoms with van der Waals surface area (Å²) in [4.78, 5) is 14.8. The highest BCUT2D eigenvalue weighted by Crippen LogP contribution is 2.21. The number of fused-ring (bicyclic) bond motifs is 1. The fourth-order valence-electron chi connectivity index (χ4n) is 3.72. The van der Waals surface area contributed by atoms with E-state index in [2.05, 4.69) is 10.8 Å². The maximum Gasteiger partial charge on any atom is 0.254 e. The normalized spacial score (nSPS) is 19.4. The van der Waals surface area contributed by atoms with Gasteiger partial charge in [-0.25, -0.2) is 13.1 Å². The third-order valence-electron chi connectivity index (χ3n) is 5.35. The number of nitrogens with zero attached hydrogens (tertiary/aromatic N) is 1. The molecule has 2 heterocycles. The largest absolute Gasteiger partial charge is 0.377 e. The molecule has 0 aromatic heterocycles. The van der Waals surface area contributed by atoms with Gasteiger partial charge >= 0.3 is 0 Å². The van der Waals surface area contributed by atoms with Gasteiger partial charge in [-0.1, -0.05) is 24.3 Å². The maximum atomic E-state index is 12.8. The highest BCUT2D eigenvalue weighted by atomic mass is 32.2. The molecule has 0 bridgehead atoms. The van der Waals surface area contributed by atoms with Crippen LogP contribution in [0.3, 0.4) is 0 Å². The van der Waals surface area contributed by atoms with Gasteiger partial charge in [0.25, 0.3) is 5.91 Å². The molecule has 148 valence electrons. The molecule has 28 heavy (non-hydrogen) atoms. The van der Waals surface area contributed by atoms with Crippen molar-refractivity contribution in [3.8, 4) is 0 Å². The van der Waals surface area contributed by atoms with E-state index < -0.39 is 10.0 Å². The van der Waals surface area contributed by atoms with Crippen LogP contribution in [-0.4, -0.2) is 45.0 Å². The van der Waals surface area contributed by atoms with Crippen LogP contribution in [-0.2, 0) is 27.7 Å². The number of rotatable bonds is 5. The number of carbonyl (C=O) groups is 1. The van der Waals surface area contributed by atoms with E-state index in [0.29, 0.717) is 25.3 Å². The van der Waals surface area contributed by atoms with Crippen LogP contribution >= 0.6 is 0 Å². The Labute approximate surface area is 165 Å². The van der Waals surface area contributed by atoms with E-state index in [4.69, 9.17) is 4.74 Å². The molecule has 1 N–H and O–H groups in total. The Morgan fingerprint density at radius 1 is 1.11 bits per heavy atom. The quantitative estimate of drug-likeness (QED) is 0.836. The molecule has 6 nitrogen and oxygen atoms in total. The second kappa shape index (κ2) is 8.03. The molecule has 1 amide bonds.